The summed E-state index contributed by atoms with van der Waals surface area (Å²) in [6.45, 7) is 6.51. The molecule has 1 atom stereocenters. The third-order valence-corrected chi connectivity index (χ3v) is 1.61. The van der Waals surface area contributed by atoms with E-state index in [0.717, 1.165) is 0 Å². The Kier molecular flexibility index (Phi) is 8.88. The van der Waals surface area contributed by atoms with Gasteiger partial charge in [0, 0.05) is 6.61 Å². The number of ether oxygens (including phenoxy) is 1. The van der Waals surface area contributed by atoms with Gasteiger partial charge in [0.15, 0.2) is 6.29 Å². The van der Waals surface area contributed by atoms with Crippen LogP contribution in [0.25, 0.3) is 0 Å². The Labute approximate surface area is 75.1 Å². The number of hydrogen-bond donors (Lipinski definition) is 2. The van der Waals surface area contributed by atoms with Crippen molar-refractivity contribution in [2.24, 2.45) is 0 Å². The molecule has 0 aromatic carbocycles. The van der Waals surface area contributed by atoms with E-state index in [1.54, 1.807) is 6.92 Å². The summed E-state index contributed by atoms with van der Waals surface area (Å²) >= 11 is 0. The standard InChI is InChI=1S/C5H11N.C4H10O2/c1-2-4-6-5-3-1;1-3-6-4(2)5/h6H,1-5H2;4-5H,3H2,1-2H3. The second-order valence-corrected chi connectivity index (χ2v) is 2.87. The maximum atomic E-state index is 8.33. The first-order valence-electron chi connectivity index (χ1n) is 4.77. The molecule has 3 nitrogen and oxygen atoms in total. The molecule has 0 bridgehead atoms. The molecule has 3 heteroatoms. The Morgan fingerprint density at radius 2 is 1.92 bits per heavy atom. The molecule has 0 aromatic rings. The summed E-state index contributed by atoms with van der Waals surface area (Å²) in [6.07, 6.45) is 3.61. The third-order valence-electron chi connectivity index (χ3n) is 1.61. The molecule has 1 fully saturated rings. The van der Waals surface area contributed by atoms with Crippen LogP contribution in [0.2, 0.25) is 0 Å². The SMILES string of the molecule is C1CCNCC1.CCOC(C)O. The highest BCUT2D eigenvalue weighted by atomic mass is 16.6. The quantitative estimate of drug-likeness (QED) is 0.618. The Balaban J connectivity index is 0.000000202. The molecule has 1 unspecified atom stereocenters. The van der Waals surface area contributed by atoms with Gasteiger partial charge < -0.3 is 15.2 Å². The van der Waals surface area contributed by atoms with Gasteiger partial charge in [0.2, 0.25) is 0 Å². The van der Waals surface area contributed by atoms with Crippen molar-refractivity contribution in [1.82, 2.24) is 5.32 Å². The predicted molar refractivity (Wildman–Crippen MR) is 50.0 cm³/mol. The van der Waals surface area contributed by atoms with Gasteiger partial charge in [-0.3, -0.25) is 0 Å². The first-order chi connectivity index (χ1) is 5.77. The zero-order valence-corrected chi connectivity index (χ0v) is 8.18. The van der Waals surface area contributed by atoms with Gasteiger partial charge in [0.25, 0.3) is 0 Å². The third kappa shape index (κ3) is 9.88. The Bertz CT molecular complexity index is 71.1. The van der Waals surface area contributed by atoms with Crippen molar-refractivity contribution in [3.63, 3.8) is 0 Å². The van der Waals surface area contributed by atoms with Crippen LogP contribution in [-0.2, 0) is 4.74 Å². The van der Waals surface area contributed by atoms with Crippen LogP contribution < -0.4 is 5.32 Å². The van der Waals surface area contributed by atoms with E-state index in [9.17, 15) is 0 Å². The lowest BCUT2D eigenvalue weighted by Crippen LogP contribution is -2.21. The predicted octanol–water partition coefficient (Wildman–Crippen LogP) is 1.12. The summed E-state index contributed by atoms with van der Waals surface area (Å²) in [5.74, 6) is 0. The molecule has 1 heterocycles. The van der Waals surface area contributed by atoms with Gasteiger partial charge in [-0.15, -0.1) is 0 Å². The van der Waals surface area contributed by atoms with Crippen molar-refractivity contribution < 1.29 is 9.84 Å². The zero-order valence-electron chi connectivity index (χ0n) is 8.18. The van der Waals surface area contributed by atoms with Crippen LogP contribution in [-0.4, -0.2) is 31.1 Å². The van der Waals surface area contributed by atoms with Crippen LogP contribution >= 0.6 is 0 Å². The first kappa shape index (κ1) is 11.9. The van der Waals surface area contributed by atoms with Crippen LogP contribution in [0.1, 0.15) is 33.1 Å². The molecule has 0 spiro atoms. The molecular formula is C9H21NO2. The van der Waals surface area contributed by atoms with Gasteiger partial charge in [-0.2, -0.15) is 0 Å². The second-order valence-electron chi connectivity index (χ2n) is 2.87. The van der Waals surface area contributed by atoms with Crippen molar-refractivity contribution in [3.05, 3.63) is 0 Å². The fourth-order valence-corrected chi connectivity index (χ4v) is 1.04. The number of aliphatic hydroxyl groups excluding tert-OH is 1. The molecule has 1 saturated heterocycles. The first-order valence-corrected chi connectivity index (χ1v) is 4.77. The molecule has 1 aliphatic heterocycles. The second kappa shape index (κ2) is 8.97. The van der Waals surface area contributed by atoms with Crippen LogP contribution in [0.15, 0.2) is 0 Å². The number of rotatable bonds is 2. The summed E-state index contributed by atoms with van der Waals surface area (Å²) in [5, 5.41) is 11.6. The van der Waals surface area contributed by atoms with Crippen LogP contribution in [0.3, 0.4) is 0 Å². The molecule has 1 aliphatic rings. The summed E-state index contributed by atoms with van der Waals surface area (Å²) in [6, 6.07) is 0. The maximum Gasteiger partial charge on any atom is 0.151 e. The minimum absolute atomic E-state index is 0.581. The molecule has 74 valence electrons. The highest BCUT2D eigenvalue weighted by molar-refractivity contribution is 4.55. The normalized spacial score (nSPS) is 19.2. The summed E-state index contributed by atoms with van der Waals surface area (Å²) in [7, 11) is 0. The Hall–Kier alpha value is -0.120. The van der Waals surface area contributed by atoms with E-state index in [-0.39, 0.29) is 0 Å². The minimum Gasteiger partial charge on any atom is -0.368 e. The van der Waals surface area contributed by atoms with Gasteiger partial charge in [0.1, 0.15) is 0 Å². The lowest BCUT2D eigenvalue weighted by Gasteiger charge is -2.08. The van der Waals surface area contributed by atoms with E-state index in [1.807, 2.05) is 6.92 Å². The highest BCUT2D eigenvalue weighted by Crippen LogP contribution is 1.96. The molecule has 12 heavy (non-hydrogen) atoms. The Morgan fingerprint density at radius 3 is 2.00 bits per heavy atom. The van der Waals surface area contributed by atoms with E-state index in [4.69, 9.17) is 5.11 Å². The van der Waals surface area contributed by atoms with Gasteiger partial charge in [-0.05, 0) is 39.8 Å². The van der Waals surface area contributed by atoms with E-state index in [0.29, 0.717) is 6.61 Å². The lowest BCUT2D eigenvalue weighted by atomic mass is 10.2. The van der Waals surface area contributed by atoms with Crippen LogP contribution in [0.4, 0.5) is 0 Å². The average Bonchev–Trinajstić information content (AvgIpc) is 2.08. The van der Waals surface area contributed by atoms with E-state index >= 15 is 0 Å². The van der Waals surface area contributed by atoms with Gasteiger partial charge in [-0.25, -0.2) is 0 Å². The number of nitrogens with one attached hydrogen (secondary N) is 1. The number of hydrogen-bond acceptors (Lipinski definition) is 3. The van der Waals surface area contributed by atoms with Gasteiger partial charge in [0.05, 0.1) is 0 Å². The fourth-order valence-electron chi connectivity index (χ4n) is 1.04. The summed E-state index contributed by atoms with van der Waals surface area (Å²) in [4.78, 5) is 0. The largest absolute Gasteiger partial charge is 0.368 e. The van der Waals surface area contributed by atoms with E-state index in [1.165, 1.54) is 32.4 Å². The fraction of sp³-hybridized carbons (Fsp3) is 1.00. The molecule has 2 N–H and O–H groups in total. The zero-order chi connectivity index (χ0) is 9.23. The van der Waals surface area contributed by atoms with Crippen molar-refractivity contribution in [2.75, 3.05) is 19.7 Å². The topological polar surface area (TPSA) is 41.5 Å². The van der Waals surface area contributed by atoms with Gasteiger partial charge >= 0.3 is 0 Å². The van der Waals surface area contributed by atoms with E-state index in [2.05, 4.69) is 10.1 Å². The summed E-state index contributed by atoms with van der Waals surface area (Å²) in [5.41, 5.74) is 0. The van der Waals surface area contributed by atoms with E-state index < -0.39 is 6.29 Å². The van der Waals surface area contributed by atoms with Crippen molar-refractivity contribution in [1.29, 1.82) is 0 Å². The molecule has 0 saturated carbocycles. The lowest BCUT2D eigenvalue weighted by molar-refractivity contribution is -0.0800. The molecule has 1 rings (SSSR count). The molecule has 0 aromatic heterocycles. The van der Waals surface area contributed by atoms with Gasteiger partial charge in [-0.1, -0.05) is 6.42 Å². The van der Waals surface area contributed by atoms with Crippen molar-refractivity contribution >= 4 is 0 Å². The summed E-state index contributed by atoms with van der Waals surface area (Å²) < 4.78 is 4.60. The highest BCUT2D eigenvalue weighted by Gasteiger charge is 1.93. The van der Waals surface area contributed by atoms with Crippen molar-refractivity contribution in [3.8, 4) is 0 Å². The molecule has 0 aliphatic carbocycles. The molecule has 0 amide bonds. The van der Waals surface area contributed by atoms with Crippen LogP contribution in [0, 0.1) is 0 Å². The monoisotopic (exact) mass is 175 g/mol. The molecular weight excluding hydrogens is 154 g/mol. The molecule has 0 radical (unpaired) electrons. The van der Waals surface area contributed by atoms with Crippen LogP contribution in [0.5, 0.6) is 0 Å². The minimum atomic E-state index is -0.602. The maximum absolute atomic E-state index is 8.33. The smallest absolute Gasteiger partial charge is 0.151 e. The van der Waals surface area contributed by atoms with Crippen molar-refractivity contribution in [2.45, 2.75) is 39.4 Å². The number of piperidine rings is 1. The number of aliphatic hydroxyl groups is 1. The Morgan fingerprint density at radius 1 is 1.33 bits per heavy atom. The average molecular weight is 175 g/mol.